The van der Waals surface area contributed by atoms with E-state index in [0.717, 1.165) is 16.5 Å². The summed E-state index contributed by atoms with van der Waals surface area (Å²) in [5, 5.41) is 4.12. The van der Waals surface area contributed by atoms with Crippen LogP contribution in [0.15, 0.2) is 24.3 Å². The minimum absolute atomic E-state index is 0.499. The molecule has 1 heterocycles. The van der Waals surface area contributed by atoms with Gasteiger partial charge in [0, 0.05) is 12.1 Å². The van der Waals surface area contributed by atoms with Crippen LogP contribution in [-0.2, 0) is 0 Å². The van der Waals surface area contributed by atoms with Gasteiger partial charge in [-0.25, -0.2) is 0 Å². The highest BCUT2D eigenvalue weighted by atomic mass is 32.1. The van der Waals surface area contributed by atoms with Crippen LogP contribution in [0.5, 0.6) is 5.75 Å². The van der Waals surface area contributed by atoms with E-state index < -0.39 is 0 Å². The fourth-order valence-corrected chi connectivity index (χ4v) is 3.22. The van der Waals surface area contributed by atoms with Crippen LogP contribution in [0.1, 0.15) is 33.1 Å². The molecular formula is C15H22N2OS. The van der Waals surface area contributed by atoms with E-state index in [4.69, 9.17) is 17.0 Å². The SMILES string of the molecule is COc1ccccc1NC(=S)N1C(C)CCCC1C. The van der Waals surface area contributed by atoms with E-state index >= 15 is 0 Å². The van der Waals surface area contributed by atoms with Crippen LogP contribution in [0.3, 0.4) is 0 Å². The summed E-state index contributed by atoms with van der Waals surface area (Å²) in [6.45, 7) is 4.48. The molecule has 1 aliphatic rings. The van der Waals surface area contributed by atoms with Crippen LogP contribution in [0.2, 0.25) is 0 Å². The molecule has 1 aliphatic heterocycles. The van der Waals surface area contributed by atoms with Crippen molar-refractivity contribution in [2.24, 2.45) is 0 Å². The van der Waals surface area contributed by atoms with Crippen molar-refractivity contribution < 1.29 is 4.74 Å². The lowest BCUT2D eigenvalue weighted by Crippen LogP contribution is -2.49. The smallest absolute Gasteiger partial charge is 0.174 e. The molecule has 0 bridgehead atoms. The first kappa shape index (κ1) is 14.1. The van der Waals surface area contributed by atoms with E-state index in [9.17, 15) is 0 Å². The Balaban J connectivity index is 2.11. The topological polar surface area (TPSA) is 24.5 Å². The highest BCUT2D eigenvalue weighted by Crippen LogP contribution is 2.27. The third kappa shape index (κ3) is 3.18. The van der Waals surface area contributed by atoms with Crippen LogP contribution in [0, 0.1) is 0 Å². The van der Waals surface area contributed by atoms with E-state index in [1.54, 1.807) is 7.11 Å². The lowest BCUT2D eigenvalue weighted by Gasteiger charge is -2.41. The molecule has 1 saturated heterocycles. The molecule has 0 saturated carbocycles. The maximum atomic E-state index is 5.58. The number of methoxy groups -OCH3 is 1. The summed E-state index contributed by atoms with van der Waals surface area (Å²) in [7, 11) is 1.68. The molecule has 0 amide bonds. The van der Waals surface area contributed by atoms with E-state index in [0.29, 0.717) is 12.1 Å². The number of ether oxygens (including phenoxy) is 1. The summed E-state index contributed by atoms with van der Waals surface area (Å²) in [6.07, 6.45) is 3.70. The van der Waals surface area contributed by atoms with Crippen LogP contribution in [-0.4, -0.2) is 29.2 Å². The standard InChI is InChI=1S/C15H22N2OS/c1-11-7-6-8-12(2)17(11)15(19)16-13-9-4-5-10-14(13)18-3/h4-5,9-12H,6-8H2,1-3H3,(H,16,19). The van der Waals surface area contributed by atoms with Gasteiger partial charge in [0.1, 0.15) is 5.75 Å². The van der Waals surface area contributed by atoms with Crippen molar-refractivity contribution in [1.82, 2.24) is 4.90 Å². The number of nitrogens with zero attached hydrogens (tertiary/aromatic N) is 1. The molecule has 104 valence electrons. The number of anilines is 1. The minimum atomic E-state index is 0.499. The Hall–Kier alpha value is -1.29. The van der Waals surface area contributed by atoms with Gasteiger partial charge in [0.15, 0.2) is 5.11 Å². The molecule has 2 rings (SSSR count). The van der Waals surface area contributed by atoms with Gasteiger partial charge in [-0.1, -0.05) is 12.1 Å². The highest BCUT2D eigenvalue weighted by molar-refractivity contribution is 7.80. The summed E-state index contributed by atoms with van der Waals surface area (Å²) in [4.78, 5) is 2.31. The second-order valence-electron chi connectivity index (χ2n) is 5.17. The predicted molar refractivity (Wildman–Crippen MR) is 83.8 cm³/mol. The van der Waals surface area contributed by atoms with E-state index in [-0.39, 0.29) is 0 Å². The number of nitrogens with one attached hydrogen (secondary N) is 1. The maximum absolute atomic E-state index is 5.58. The van der Waals surface area contributed by atoms with Crippen molar-refractivity contribution in [2.75, 3.05) is 12.4 Å². The summed E-state index contributed by atoms with van der Waals surface area (Å²) < 4.78 is 5.35. The van der Waals surface area contributed by atoms with Gasteiger partial charge in [-0.3, -0.25) is 0 Å². The molecule has 19 heavy (non-hydrogen) atoms. The number of rotatable bonds is 2. The third-order valence-corrected chi connectivity index (χ3v) is 4.09. The fraction of sp³-hybridized carbons (Fsp3) is 0.533. The Kier molecular flexibility index (Phi) is 4.64. The van der Waals surface area contributed by atoms with Gasteiger partial charge in [0.25, 0.3) is 0 Å². The number of thiocarbonyl (C=S) groups is 1. The van der Waals surface area contributed by atoms with Crippen LogP contribution in [0.25, 0.3) is 0 Å². The van der Waals surface area contributed by atoms with Crippen LogP contribution >= 0.6 is 12.2 Å². The molecule has 0 radical (unpaired) electrons. The van der Waals surface area contributed by atoms with Crippen LogP contribution < -0.4 is 10.1 Å². The molecule has 1 fully saturated rings. The van der Waals surface area contributed by atoms with Gasteiger partial charge in [-0.2, -0.15) is 0 Å². The summed E-state index contributed by atoms with van der Waals surface area (Å²) in [5.74, 6) is 0.821. The van der Waals surface area contributed by atoms with E-state index in [2.05, 4.69) is 24.1 Å². The summed E-state index contributed by atoms with van der Waals surface area (Å²) in [6, 6.07) is 8.87. The summed E-state index contributed by atoms with van der Waals surface area (Å²) in [5.41, 5.74) is 0.931. The lowest BCUT2D eigenvalue weighted by atomic mass is 9.98. The highest BCUT2D eigenvalue weighted by Gasteiger charge is 2.26. The zero-order valence-electron chi connectivity index (χ0n) is 11.8. The first-order valence-electron chi connectivity index (χ1n) is 6.86. The van der Waals surface area contributed by atoms with Crippen molar-refractivity contribution in [1.29, 1.82) is 0 Å². The van der Waals surface area contributed by atoms with Gasteiger partial charge >= 0.3 is 0 Å². The van der Waals surface area contributed by atoms with Gasteiger partial charge in [-0.05, 0) is 57.5 Å². The quantitative estimate of drug-likeness (QED) is 0.835. The van der Waals surface area contributed by atoms with Crippen molar-refractivity contribution in [3.63, 3.8) is 0 Å². The minimum Gasteiger partial charge on any atom is -0.495 e. The van der Waals surface area contributed by atoms with E-state index in [1.807, 2.05) is 24.3 Å². The number of hydrogen-bond acceptors (Lipinski definition) is 2. The number of hydrogen-bond donors (Lipinski definition) is 1. The van der Waals surface area contributed by atoms with Crippen molar-refractivity contribution >= 4 is 23.0 Å². The zero-order valence-corrected chi connectivity index (χ0v) is 12.7. The Morgan fingerprint density at radius 2 is 1.89 bits per heavy atom. The average molecular weight is 278 g/mol. The van der Waals surface area contributed by atoms with Crippen molar-refractivity contribution in [3.05, 3.63) is 24.3 Å². The molecule has 0 aromatic heterocycles. The third-order valence-electron chi connectivity index (χ3n) is 3.78. The molecular weight excluding hydrogens is 256 g/mol. The maximum Gasteiger partial charge on any atom is 0.174 e. The second kappa shape index (κ2) is 6.24. The van der Waals surface area contributed by atoms with E-state index in [1.165, 1.54) is 19.3 Å². The number of likely N-dealkylation sites (tertiary alicyclic amines) is 1. The Morgan fingerprint density at radius 1 is 1.26 bits per heavy atom. The normalized spacial score (nSPS) is 23.0. The molecule has 1 aromatic rings. The number of benzene rings is 1. The van der Waals surface area contributed by atoms with Gasteiger partial charge < -0.3 is 15.0 Å². The molecule has 2 unspecified atom stereocenters. The second-order valence-corrected chi connectivity index (χ2v) is 5.55. The fourth-order valence-electron chi connectivity index (χ4n) is 2.75. The van der Waals surface area contributed by atoms with Crippen LogP contribution in [0.4, 0.5) is 5.69 Å². The number of piperidine rings is 1. The first-order valence-corrected chi connectivity index (χ1v) is 7.26. The Bertz CT molecular complexity index is 440. The number of para-hydroxylation sites is 2. The van der Waals surface area contributed by atoms with Gasteiger partial charge in [0.05, 0.1) is 12.8 Å². The zero-order chi connectivity index (χ0) is 13.8. The largest absolute Gasteiger partial charge is 0.495 e. The molecule has 1 N–H and O–H groups in total. The van der Waals surface area contributed by atoms with Gasteiger partial charge in [0.2, 0.25) is 0 Å². The Morgan fingerprint density at radius 3 is 2.53 bits per heavy atom. The molecule has 3 nitrogen and oxygen atoms in total. The molecule has 2 atom stereocenters. The summed E-state index contributed by atoms with van der Waals surface area (Å²) >= 11 is 5.58. The average Bonchev–Trinajstić information content (AvgIpc) is 2.39. The van der Waals surface area contributed by atoms with Crippen molar-refractivity contribution in [2.45, 2.75) is 45.2 Å². The molecule has 4 heteroatoms. The van der Waals surface area contributed by atoms with Gasteiger partial charge in [-0.15, -0.1) is 0 Å². The molecule has 1 aromatic carbocycles. The molecule has 0 aliphatic carbocycles. The Labute approximate surface area is 120 Å². The monoisotopic (exact) mass is 278 g/mol. The predicted octanol–water partition coefficient (Wildman–Crippen LogP) is 3.65. The first-order chi connectivity index (χ1) is 9.13. The lowest BCUT2D eigenvalue weighted by molar-refractivity contribution is 0.194. The molecule has 0 spiro atoms. The van der Waals surface area contributed by atoms with Crippen molar-refractivity contribution in [3.8, 4) is 5.75 Å².